The number of halogens is 6. The van der Waals surface area contributed by atoms with Gasteiger partial charge in [0.25, 0.3) is 0 Å². The van der Waals surface area contributed by atoms with E-state index >= 15 is 0 Å². The van der Waals surface area contributed by atoms with E-state index in [0.717, 1.165) is 9.86 Å². The van der Waals surface area contributed by atoms with Gasteiger partial charge in [0.05, 0.1) is 20.0 Å². The molecule has 7 heteroatoms. The molecule has 0 amide bonds. The Kier molecular flexibility index (Phi) is 4.10. The first-order valence-corrected chi connectivity index (χ1v) is 7.42. The highest BCUT2D eigenvalue weighted by Crippen LogP contribution is 2.43. The minimum absolute atomic E-state index is 0.318. The largest absolute Gasteiger partial charge is 0.235 e. The topological polar surface area (TPSA) is 12.9 Å². The average molecular weight is 469 g/mol. The maximum absolute atomic E-state index is 6.19. The van der Waals surface area contributed by atoms with Crippen LogP contribution in [0.3, 0.4) is 0 Å². The van der Waals surface area contributed by atoms with Crippen LogP contribution in [0.5, 0.6) is 0 Å². The van der Waals surface area contributed by atoms with Crippen LogP contribution in [0.4, 0.5) is 0 Å². The Morgan fingerprint density at radius 2 is 1.56 bits per heavy atom. The highest BCUT2D eigenvalue weighted by molar-refractivity contribution is 9.11. The van der Waals surface area contributed by atoms with Crippen LogP contribution in [0.15, 0.2) is 19.5 Å². The predicted molar refractivity (Wildman–Crippen MR) is 79.9 cm³/mol. The van der Waals surface area contributed by atoms with Gasteiger partial charge in [-0.25, -0.2) is 4.98 Å². The zero-order valence-corrected chi connectivity index (χ0v) is 14.3. The van der Waals surface area contributed by atoms with E-state index in [9.17, 15) is 0 Å². The fourth-order valence-electron chi connectivity index (χ4n) is 1.23. The third-order valence-electron chi connectivity index (χ3n) is 1.95. The molecule has 1 aromatic heterocycles. The van der Waals surface area contributed by atoms with Crippen molar-refractivity contribution < 1.29 is 0 Å². The minimum Gasteiger partial charge on any atom is -0.235 e. The third kappa shape index (κ3) is 2.13. The van der Waals surface area contributed by atoms with E-state index in [1.54, 1.807) is 6.07 Å². The molecule has 1 nitrogen and oxygen atoms in total. The number of rotatable bonds is 0. The smallest absolute Gasteiger partial charge is 0.145 e. The van der Waals surface area contributed by atoms with E-state index in [2.05, 4.69) is 52.8 Å². The van der Waals surface area contributed by atoms with Gasteiger partial charge in [-0.3, -0.25) is 0 Å². The van der Waals surface area contributed by atoms with Crippen molar-refractivity contribution in [3.8, 4) is 0 Å². The molecule has 0 aliphatic heterocycles. The quantitative estimate of drug-likeness (QED) is 0.318. The number of aromatic nitrogens is 1. The summed E-state index contributed by atoms with van der Waals surface area (Å²) in [6.45, 7) is 0. The molecule has 0 bridgehead atoms. The lowest BCUT2D eigenvalue weighted by Crippen LogP contribution is -1.87. The summed E-state index contributed by atoms with van der Waals surface area (Å²) in [6, 6.07) is 1.77. The molecule has 0 saturated heterocycles. The Labute approximate surface area is 132 Å². The molecule has 0 aliphatic carbocycles. The molecule has 1 aromatic carbocycles. The van der Waals surface area contributed by atoms with Gasteiger partial charge in [0.15, 0.2) is 0 Å². The van der Waals surface area contributed by atoms with Crippen LogP contribution >= 0.6 is 82.6 Å². The normalized spacial score (nSPS) is 11.1. The molecule has 2 rings (SSSR count). The number of nitrogens with zero attached hydrogens (tertiary/aromatic N) is 1. The van der Waals surface area contributed by atoms with Gasteiger partial charge in [-0.1, -0.05) is 34.8 Å². The first kappa shape index (κ1) is 13.4. The molecule has 84 valence electrons. The summed E-state index contributed by atoms with van der Waals surface area (Å²) >= 11 is 28.2. The molecule has 0 saturated carbocycles. The zero-order chi connectivity index (χ0) is 12.0. The molecule has 0 N–H and O–H groups in total. The number of benzene rings is 1. The van der Waals surface area contributed by atoms with Crippen molar-refractivity contribution in [1.29, 1.82) is 0 Å². The molecule has 0 fully saturated rings. The lowest BCUT2D eigenvalue weighted by Gasteiger charge is -2.09. The molecule has 0 spiro atoms. The van der Waals surface area contributed by atoms with E-state index in [-0.39, 0.29) is 0 Å². The fourth-order valence-corrected chi connectivity index (χ4v) is 3.60. The van der Waals surface area contributed by atoms with Crippen molar-refractivity contribution >= 4 is 93.5 Å². The van der Waals surface area contributed by atoms with Crippen LogP contribution in [-0.2, 0) is 0 Å². The molecule has 0 radical (unpaired) electrons. The van der Waals surface area contributed by atoms with Gasteiger partial charge in [-0.05, 0) is 53.9 Å². The van der Waals surface area contributed by atoms with E-state index < -0.39 is 0 Å². The van der Waals surface area contributed by atoms with Crippen LogP contribution in [0, 0.1) is 0 Å². The maximum Gasteiger partial charge on any atom is 0.145 e. The van der Waals surface area contributed by atoms with Crippen molar-refractivity contribution in [3.05, 3.63) is 34.7 Å². The van der Waals surface area contributed by atoms with Gasteiger partial charge < -0.3 is 0 Å². The maximum atomic E-state index is 6.19. The number of fused-ring (bicyclic) bond motifs is 1. The summed E-state index contributed by atoms with van der Waals surface area (Å²) in [5, 5.41) is 2.08. The van der Waals surface area contributed by atoms with Crippen LogP contribution in [0.2, 0.25) is 15.2 Å². The van der Waals surface area contributed by atoms with Crippen LogP contribution in [0.1, 0.15) is 0 Å². The van der Waals surface area contributed by atoms with Crippen molar-refractivity contribution in [1.82, 2.24) is 4.98 Å². The van der Waals surface area contributed by atoms with Crippen LogP contribution in [-0.4, -0.2) is 4.98 Å². The van der Waals surface area contributed by atoms with Gasteiger partial charge in [0, 0.05) is 14.3 Å². The number of pyridine rings is 1. The van der Waals surface area contributed by atoms with Gasteiger partial charge >= 0.3 is 0 Å². The van der Waals surface area contributed by atoms with Gasteiger partial charge in [-0.15, -0.1) is 0 Å². The van der Waals surface area contributed by atoms with Gasteiger partial charge in [-0.2, -0.15) is 0 Å². The molecule has 1 heterocycles. The Hall–Kier alpha value is 0.940. The monoisotopic (exact) mass is 465 g/mol. The summed E-state index contributed by atoms with van der Waals surface area (Å²) in [4.78, 5) is 4.21. The van der Waals surface area contributed by atoms with Crippen LogP contribution in [0.25, 0.3) is 10.9 Å². The van der Waals surface area contributed by atoms with E-state index in [4.69, 9.17) is 34.8 Å². The Morgan fingerprint density at radius 3 is 2.19 bits per heavy atom. The minimum atomic E-state index is 0.318. The lowest BCUT2D eigenvalue weighted by atomic mass is 10.2. The summed E-state index contributed by atoms with van der Waals surface area (Å²) in [5.41, 5.74) is 0.668. The standard InChI is InChI=1S/C9HBr3Cl3N/c10-2-1-3-4(5(11)7(2)13)8(14)6(12)9(15)16-3/h1H. The highest BCUT2D eigenvalue weighted by atomic mass is 79.9. The number of hydrogen-bond donors (Lipinski definition) is 0. The Bertz CT molecular complexity index is 552. The van der Waals surface area contributed by atoms with E-state index in [1.165, 1.54) is 0 Å². The molecule has 0 atom stereocenters. The van der Waals surface area contributed by atoms with Crippen molar-refractivity contribution in [2.24, 2.45) is 0 Å². The van der Waals surface area contributed by atoms with Crippen molar-refractivity contribution in [2.45, 2.75) is 0 Å². The molecular formula is C9HBr3Cl3N. The van der Waals surface area contributed by atoms with Crippen molar-refractivity contribution in [2.75, 3.05) is 0 Å². The summed E-state index contributed by atoms with van der Waals surface area (Å²) < 4.78 is 1.98. The average Bonchev–Trinajstić information content (AvgIpc) is 2.23. The molecule has 16 heavy (non-hydrogen) atoms. The lowest BCUT2D eigenvalue weighted by molar-refractivity contribution is 1.38. The molecule has 0 unspecified atom stereocenters. The molecular weight excluding hydrogens is 468 g/mol. The molecule has 2 aromatic rings. The summed E-state index contributed by atoms with van der Waals surface area (Å²) in [5.74, 6) is 0. The molecule has 0 aliphatic rings. The fraction of sp³-hybridized carbons (Fsp3) is 0. The Balaban J connectivity index is 3.03. The van der Waals surface area contributed by atoms with Gasteiger partial charge in [0.2, 0.25) is 0 Å². The van der Waals surface area contributed by atoms with E-state index in [1.807, 2.05) is 0 Å². The first-order chi connectivity index (χ1) is 7.43. The zero-order valence-electron chi connectivity index (χ0n) is 7.29. The van der Waals surface area contributed by atoms with Gasteiger partial charge in [0.1, 0.15) is 5.15 Å². The predicted octanol–water partition coefficient (Wildman–Crippen LogP) is 6.48. The summed E-state index contributed by atoms with van der Waals surface area (Å²) in [7, 11) is 0. The SMILES string of the molecule is Clc1nc2cc(Br)c(Cl)c(Br)c2c(Cl)c1Br. The Morgan fingerprint density at radius 1 is 0.938 bits per heavy atom. The van der Waals surface area contributed by atoms with Crippen molar-refractivity contribution in [3.63, 3.8) is 0 Å². The van der Waals surface area contributed by atoms with Crippen LogP contribution < -0.4 is 0 Å². The summed E-state index contributed by atoms with van der Waals surface area (Å²) in [6.07, 6.45) is 0. The second kappa shape index (κ2) is 4.90. The van der Waals surface area contributed by atoms with E-state index in [0.29, 0.717) is 29.7 Å². The third-order valence-corrected chi connectivity index (χ3v) is 6.10. The highest BCUT2D eigenvalue weighted by Gasteiger charge is 2.16. The first-order valence-electron chi connectivity index (χ1n) is 3.91. The second-order valence-corrected chi connectivity index (χ2v) is 6.47. The second-order valence-electron chi connectivity index (χ2n) is 2.91. The number of hydrogen-bond acceptors (Lipinski definition) is 1.